The molecule has 3 rings (SSSR count). The number of aromatic amines is 1. The zero-order valence-electron chi connectivity index (χ0n) is 13.3. The SMILES string of the molecule is COc1ccc2[nH]c(C)c(C(=O)Nc3ccccc3OC)c2c1. The van der Waals surface area contributed by atoms with E-state index in [-0.39, 0.29) is 5.91 Å². The summed E-state index contributed by atoms with van der Waals surface area (Å²) in [5.74, 6) is 1.14. The smallest absolute Gasteiger partial charge is 0.258 e. The Bertz CT molecular complexity index is 868. The van der Waals surface area contributed by atoms with Crippen molar-refractivity contribution >= 4 is 22.5 Å². The van der Waals surface area contributed by atoms with Crippen LogP contribution in [0.1, 0.15) is 16.1 Å². The van der Waals surface area contributed by atoms with Crippen molar-refractivity contribution < 1.29 is 14.3 Å². The molecule has 118 valence electrons. The summed E-state index contributed by atoms with van der Waals surface area (Å²) in [7, 11) is 3.18. The number of ether oxygens (including phenoxy) is 2. The quantitative estimate of drug-likeness (QED) is 0.771. The average molecular weight is 310 g/mol. The molecular formula is C18H18N2O3. The highest BCUT2D eigenvalue weighted by Gasteiger charge is 2.18. The van der Waals surface area contributed by atoms with Crippen LogP contribution in [0.2, 0.25) is 0 Å². The highest BCUT2D eigenvalue weighted by Crippen LogP contribution is 2.29. The van der Waals surface area contributed by atoms with E-state index in [1.807, 2.05) is 43.3 Å². The van der Waals surface area contributed by atoms with E-state index < -0.39 is 0 Å². The van der Waals surface area contributed by atoms with Gasteiger partial charge in [-0.2, -0.15) is 0 Å². The van der Waals surface area contributed by atoms with Crippen LogP contribution in [-0.4, -0.2) is 25.1 Å². The molecule has 0 bridgehead atoms. The molecule has 0 saturated heterocycles. The average Bonchev–Trinajstić information content (AvgIpc) is 2.90. The molecule has 3 aromatic rings. The molecule has 1 heterocycles. The number of fused-ring (bicyclic) bond motifs is 1. The van der Waals surface area contributed by atoms with Gasteiger partial charge in [0.15, 0.2) is 0 Å². The van der Waals surface area contributed by atoms with Gasteiger partial charge in [-0.15, -0.1) is 0 Å². The van der Waals surface area contributed by atoms with Gasteiger partial charge in [-0.1, -0.05) is 12.1 Å². The highest BCUT2D eigenvalue weighted by molar-refractivity contribution is 6.14. The summed E-state index contributed by atoms with van der Waals surface area (Å²) in [5, 5.41) is 3.74. The second kappa shape index (κ2) is 6.04. The molecule has 2 N–H and O–H groups in total. The Hall–Kier alpha value is -2.95. The van der Waals surface area contributed by atoms with E-state index >= 15 is 0 Å². The number of H-pyrrole nitrogens is 1. The predicted molar refractivity (Wildman–Crippen MR) is 90.5 cm³/mol. The number of carbonyl (C=O) groups is 1. The van der Waals surface area contributed by atoms with Gasteiger partial charge in [-0.3, -0.25) is 4.79 Å². The van der Waals surface area contributed by atoms with Crippen molar-refractivity contribution in [2.45, 2.75) is 6.92 Å². The molecule has 23 heavy (non-hydrogen) atoms. The minimum atomic E-state index is -0.188. The van der Waals surface area contributed by atoms with Gasteiger partial charge in [0.25, 0.3) is 5.91 Å². The Balaban J connectivity index is 2.02. The van der Waals surface area contributed by atoms with Crippen LogP contribution >= 0.6 is 0 Å². The number of aromatic nitrogens is 1. The molecule has 0 fully saturated rings. The third-order valence-corrected chi connectivity index (χ3v) is 3.78. The van der Waals surface area contributed by atoms with Crippen LogP contribution in [-0.2, 0) is 0 Å². The van der Waals surface area contributed by atoms with Crippen molar-refractivity contribution in [3.63, 3.8) is 0 Å². The van der Waals surface area contributed by atoms with Crippen LogP contribution in [0.5, 0.6) is 11.5 Å². The molecule has 1 aromatic heterocycles. The van der Waals surface area contributed by atoms with Gasteiger partial charge < -0.3 is 19.8 Å². The number of para-hydroxylation sites is 2. The predicted octanol–water partition coefficient (Wildman–Crippen LogP) is 3.75. The van der Waals surface area contributed by atoms with Gasteiger partial charge in [-0.05, 0) is 37.3 Å². The van der Waals surface area contributed by atoms with E-state index in [1.165, 1.54) is 0 Å². The van der Waals surface area contributed by atoms with E-state index in [0.717, 1.165) is 16.6 Å². The second-order valence-corrected chi connectivity index (χ2v) is 5.19. The lowest BCUT2D eigenvalue weighted by molar-refractivity contribution is 0.102. The molecule has 0 unspecified atom stereocenters. The topological polar surface area (TPSA) is 63.4 Å². The van der Waals surface area contributed by atoms with E-state index in [4.69, 9.17) is 9.47 Å². The van der Waals surface area contributed by atoms with Crippen molar-refractivity contribution in [1.82, 2.24) is 4.98 Å². The maximum atomic E-state index is 12.8. The fourth-order valence-electron chi connectivity index (χ4n) is 2.66. The summed E-state index contributed by atoms with van der Waals surface area (Å²) in [5.41, 5.74) is 2.94. The van der Waals surface area contributed by atoms with Crippen LogP contribution in [0.25, 0.3) is 10.9 Å². The zero-order valence-corrected chi connectivity index (χ0v) is 13.3. The first-order valence-corrected chi connectivity index (χ1v) is 7.24. The molecule has 0 spiro atoms. The van der Waals surface area contributed by atoms with Crippen molar-refractivity contribution in [3.05, 3.63) is 53.7 Å². The fourth-order valence-corrected chi connectivity index (χ4v) is 2.66. The van der Waals surface area contributed by atoms with Gasteiger partial charge in [0, 0.05) is 16.6 Å². The van der Waals surface area contributed by atoms with Crippen LogP contribution in [0.3, 0.4) is 0 Å². The Morgan fingerprint density at radius 3 is 2.61 bits per heavy atom. The standard InChI is InChI=1S/C18H18N2O3/c1-11-17(13-10-12(22-2)8-9-14(13)19-11)18(21)20-15-6-4-5-7-16(15)23-3/h4-10,19H,1-3H3,(H,20,21). The van der Waals surface area contributed by atoms with Crippen LogP contribution in [0.4, 0.5) is 5.69 Å². The van der Waals surface area contributed by atoms with Crippen LogP contribution in [0.15, 0.2) is 42.5 Å². The van der Waals surface area contributed by atoms with Gasteiger partial charge >= 0.3 is 0 Å². The van der Waals surface area contributed by atoms with E-state index in [2.05, 4.69) is 10.3 Å². The second-order valence-electron chi connectivity index (χ2n) is 5.19. The number of rotatable bonds is 4. The minimum absolute atomic E-state index is 0.188. The number of methoxy groups -OCH3 is 2. The summed E-state index contributed by atoms with van der Waals surface area (Å²) in [4.78, 5) is 16.0. The number of anilines is 1. The maximum Gasteiger partial charge on any atom is 0.258 e. The number of amides is 1. The monoisotopic (exact) mass is 310 g/mol. The van der Waals surface area contributed by atoms with Crippen LogP contribution < -0.4 is 14.8 Å². The summed E-state index contributed by atoms with van der Waals surface area (Å²) in [6, 6.07) is 12.9. The van der Waals surface area contributed by atoms with Gasteiger partial charge in [0.2, 0.25) is 0 Å². The molecule has 0 saturated carbocycles. The molecular weight excluding hydrogens is 292 g/mol. The lowest BCUT2D eigenvalue weighted by Crippen LogP contribution is -2.13. The Labute approximate surface area is 134 Å². The first-order chi connectivity index (χ1) is 11.1. The van der Waals surface area contributed by atoms with E-state index in [9.17, 15) is 4.79 Å². The molecule has 2 aromatic carbocycles. The third kappa shape index (κ3) is 2.73. The maximum absolute atomic E-state index is 12.8. The van der Waals surface area contributed by atoms with E-state index in [1.54, 1.807) is 20.3 Å². The zero-order chi connectivity index (χ0) is 16.4. The molecule has 5 heteroatoms. The van der Waals surface area contributed by atoms with E-state index in [0.29, 0.717) is 22.7 Å². The van der Waals surface area contributed by atoms with Gasteiger partial charge in [0.05, 0.1) is 25.5 Å². The molecule has 0 aliphatic carbocycles. The molecule has 0 aliphatic heterocycles. The molecule has 0 radical (unpaired) electrons. The number of hydrogen-bond acceptors (Lipinski definition) is 3. The highest BCUT2D eigenvalue weighted by atomic mass is 16.5. The van der Waals surface area contributed by atoms with Gasteiger partial charge in [-0.25, -0.2) is 0 Å². The largest absolute Gasteiger partial charge is 0.497 e. The molecule has 5 nitrogen and oxygen atoms in total. The Morgan fingerprint density at radius 2 is 1.87 bits per heavy atom. The third-order valence-electron chi connectivity index (χ3n) is 3.78. The summed E-state index contributed by atoms with van der Waals surface area (Å²) >= 11 is 0. The van der Waals surface area contributed by atoms with Gasteiger partial charge in [0.1, 0.15) is 11.5 Å². The number of nitrogens with one attached hydrogen (secondary N) is 2. The van der Waals surface area contributed by atoms with Crippen LogP contribution in [0, 0.1) is 6.92 Å². The number of hydrogen-bond donors (Lipinski definition) is 2. The Kier molecular flexibility index (Phi) is 3.93. The summed E-state index contributed by atoms with van der Waals surface area (Å²) in [6.07, 6.45) is 0. The molecule has 0 atom stereocenters. The van der Waals surface area contributed by atoms with Crippen molar-refractivity contribution in [2.75, 3.05) is 19.5 Å². The normalized spacial score (nSPS) is 10.6. The Morgan fingerprint density at radius 1 is 1.09 bits per heavy atom. The molecule has 1 amide bonds. The number of benzene rings is 2. The lowest BCUT2D eigenvalue weighted by Gasteiger charge is -2.10. The molecule has 0 aliphatic rings. The summed E-state index contributed by atoms with van der Waals surface area (Å²) < 4.78 is 10.5. The first kappa shape index (κ1) is 15.0. The van der Waals surface area contributed by atoms with Crippen molar-refractivity contribution in [2.24, 2.45) is 0 Å². The summed E-state index contributed by atoms with van der Waals surface area (Å²) in [6.45, 7) is 1.88. The van der Waals surface area contributed by atoms with Crippen molar-refractivity contribution in [3.8, 4) is 11.5 Å². The first-order valence-electron chi connectivity index (χ1n) is 7.24. The number of aryl methyl sites for hydroxylation is 1. The van der Waals surface area contributed by atoms with Crippen molar-refractivity contribution in [1.29, 1.82) is 0 Å². The fraction of sp³-hybridized carbons (Fsp3) is 0.167. The lowest BCUT2D eigenvalue weighted by atomic mass is 10.1. The minimum Gasteiger partial charge on any atom is -0.497 e. The number of carbonyl (C=O) groups excluding carboxylic acids is 1.